The van der Waals surface area contributed by atoms with Crippen molar-refractivity contribution in [2.45, 2.75) is 13.0 Å². The molecule has 0 atom stereocenters. The van der Waals surface area contributed by atoms with Gasteiger partial charge < -0.3 is 15.4 Å². The molecule has 0 aliphatic heterocycles. The molecule has 22 heavy (non-hydrogen) atoms. The standard InChI is InChI=1S/C13H14ClF2N5O/c1-17-11-12(14)19-7-20-13(11)18-5-8-3-2-4-10(21-8)22-6-9(15)16/h2-4,7,9,17H,5-6H2,1H3,(H,18,19,20). The molecule has 9 heteroatoms. The first kappa shape index (κ1) is 16.2. The number of nitrogens with zero attached hydrogens (tertiary/aromatic N) is 3. The normalized spacial score (nSPS) is 10.6. The first-order chi connectivity index (χ1) is 10.6. The minimum Gasteiger partial charge on any atom is -0.472 e. The van der Waals surface area contributed by atoms with Gasteiger partial charge in [0.25, 0.3) is 6.43 Å². The van der Waals surface area contributed by atoms with E-state index in [0.29, 0.717) is 28.9 Å². The molecule has 2 heterocycles. The molecule has 0 spiro atoms. The second-order valence-corrected chi connectivity index (χ2v) is 4.52. The first-order valence-electron chi connectivity index (χ1n) is 6.39. The van der Waals surface area contributed by atoms with Crippen LogP contribution in [0.4, 0.5) is 20.3 Å². The third-order valence-corrected chi connectivity index (χ3v) is 2.91. The van der Waals surface area contributed by atoms with E-state index in [9.17, 15) is 8.78 Å². The van der Waals surface area contributed by atoms with Crippen molar-refractivity contribution >= 4 is 23.1 Å². The second kappa shape index (κ2) is 7.69. The number of alkyl halides is 2. The van der Waals surface area contributed by atoms with Crippen molar-refractivity contribution in [1.82, 2.24) is 15.0 Å². The molecule has 2 aromatic rings. The molecule has 0 fully saturated rings. The molecule has 118 valence electrons. The van der Waals surface area contributed by atoms with Gasteiger partial charge in [0.15, 0.2) is 17.6 Å². The number of anilines is 2. The molecule has 0 bridgehead atoms. The summed E-state index contributed by atoms with van der Waals surface area (Å²) in [7, 11) is 1.70. The van der Waals surface area contributed by atoms with E-state index < -0.39 is 13.0 Å². The van der Waals surface area contributed by atoms with Crippen molar-refractivity contribution in [2.75, 3.05) is 24.3 Å². The van der Waals surface area contributed by atoms with Crippen LogP contribution >= 0.6 is 11.6 Å². The lowest BCUT2D eigenvalue weighted by Gasteiger charge is -2.11. The van der Waals surface area contributed by atoms with Crippen molar-refractivity contribution in [3.63, 3.8) is 0 Å². The minimum absolute atomic E-state index is 0.147. The molecule has 0 radical (unpaired) electrons. The Morgan fingerprint density at radius 2 is 2.14 bits per heavy atom. The highest BCUT2D eigenvalue weighted by Gasteiger charge is 2.09. The Hall–Kier alpha value is -2.22. The van der Waals surface area contributed by atoms with Crippen LogP contribution in [0.5, 0.6) is 5.88 Å². The van der Waals surface area contributed by atoms with Gasteiger partial charge in [0, 0.05) is 13.1 Å². The van der Waals surface area contributed by atoms with Crippen LogP contribution in [0.15, 0.2) is 24.5 Å². The molecule has 6 nitrogen and oxygen atoms in total. The molecule has 0 unspecified atom stereocenters. The molecular formula is C13H14ClF2N5O. The number of hydrogen-bond donors (Lipinski definition) is 2. The Labute approximate surface area is 130 Å². The number of halogens is 3. The Morgan fingerprint density at radius 1 is 1.32 bits per heavy atom. The monoisotopic (exact) mass is 329 g/mol. The maximum atomic E-state index is 12.1. The van der Waals surface area contributed by atoms with Crippen molar-refractivity contribution in [3.05, 3.63) is 35.4 Å². The predicted molar refractivity (Wildman–Crippen MR) is 79.7 cm³/mol. The molecular weight excluding hydrogens is 316 g/mol. The van der Waals surface area contributed by atoms with Crippen LogP contribution in [0.25, 0.3) is 0 Å². The van der Waals surface area contributed by atoms with Crippen molar-refractivity contribution in [3.8, 4) is 5.88 Å². The van der Waals surface area contributed by atoms with Crippen LogP contribution in [0, 0.1) is 0 Å². The largest absolute Gasteiger partial charge is 0.472 e. The fourth-order valence-corrected chi connectivity index (χ4v) is 1.91. The molecule has 2 N–H and O–H groups in total. The summed E-state index contributed by atoms with van der Waals surface area (Å²) >= 11 is 5.95. The molecule has 0 saturated carbocycles. The van der Waals surface area contributed by atoms with E-state index >= 15 is 0 Å². The molecule has 0 amide bonds. The van der Waals surface area contributed by atoms with Gasteiger partial charge in [-0.15, -0.1) is 0 Å². The summed E-state index contributed by atoms with van der Waals surface area (Å²) in [6.45, 7) is -0.358. The molecule has 0 aliphatic rings. The Balaban J connectivity index is 2.03. The maximum Gasteiger partial charge on any atom is 0.272 e. The average Bonchev–Trinajstić information content (AvgIpc) is 2.51. The van der Waals surface area contributed by atoms with Crippen LogP contribution < -0.4 is 15.4 Å². The molecule has 0 saturated heterocycles. The Bertz CT molecular complexity index is 629. The predicted octanol–water partition coefficient (Wildman–Crippen LogP) is 2.82. The number of pyridine rings is 1. The summed E-state index contributed by atoms with van der Waals surface area (Å²) in [5.41, 5.74) is 1.18. The van der Waals surface area contributed by atoms with Gasteiger partial charge in [0.05, 0.1) is 12.2 Å². The topological polar surface area (TPSA) is 72.0 Å². The van der Waals surface area contributed by atoms with Gasteiger partial charge in [-0.05, 0) is 6.07 Å². The fraction of sp³-hybridized carbons (Fsp3) is 0.308. The van der Waals surface area contributed by atoms with Crippen LogP contribution in [0.2, 0.25) is 5.15 Å². The van der Waals surface area contributed by atoms with Gasteiger partial charge in [-0.25, -0.2) is 23.7 Å². The SMILES string of the molecule is CNc1c(Cl)ncnc1NCc1cccc(OCC(F)F)n1. The van der Waals surface area contributed by atoms with Crippen molar-refractivity contribution in [1.29, 1.82) is 0 Å². The quantitative estimate of drug-likeness (QED) is 0.761. The molecule has 0 aliphatic carbocycles. The van der Waals surface area contributed by atoms with Crippen LogP contribution in [-0.4, -0.2) is 35.0 Å². The smallest absolute Gasteiger partial charge is 0.272 e. The van der Waals surface area contributed by atoms with Gasteiger partial charge >= 0.3 is 0 Å². The average molecular weight is 330 g/mol. The summed E-state index contributed by atoms with van der Waals surface area (Å²) < 4.78 is 29.1. The van der Waals surface area contributed by atoms with Crippen LogP contribution in [0.3, 0.4) is 0 Å². The van der Waals surface area contributed by atoms with E-state index in [1.54, 1.807) is 19.2 Å². The Kier molecular flexibility index (Phi) is 5.65. The summed E-state index contributed by atoms with van der Waals surface area (Å²) in [6.07, 6.45) is -1.20. The molecule has 2 aromatic heterocycles. The van der Waals surface area contributed by atoms with E-state index in [4.69, 9.17) is 16.3 Å². The third-order valence-electron chi connectivity index (χ3n) is 2.63. The molecule has 0 aromatic carbocycles. The zero-order chi connectivity index (χ0) is 15.9. The van der Waals surface area contributed by atoms with E-state index in [2.05, 4.69) is 25.6 Å². The minimum atomic E-state index is -2.54. The van der Waals surface area contributed by atoms with E-state index in [1.807, 2.05) is 0 Å². The number of hydrogen-bond acceptors (Lipinski definition) is 6. The van der Waals surface area contributed by atoms with Gasteiger partial charge in [-0.2, -0.15) is 0 Å². The zero-order valence-corrected chi connectivity index (χ0v) is 12.4. The van der Waals surface area contributed by atoms with Gasteiger partial charge in [0.2, 0.25) is 5.88 Å². The van der Waals surface area contributed by atoms with Gasteiger partial charge in [-0.1, -0.05) is 17.7 Å². The summed E-state index contributed by atoms with van der Waals surface area (Å²) in [4.78, 5) is 12.1. The number of nitrogens with one attached hydrogen (secondary N) is 2. The van der Waals surface area contributed by atoms with Crippen LogP contribution in [0.1, 0.15) is 5.69 Å². The molecule has 2 rings (SSSR count). The van der Waals surface area contributed by atoms with Crippen molar-refractivity contribution in [2.24, 2.45) is 0 Å². The van der Waals surface area contributed by atoms with Gasteiger partial charge in [0.1, 0.15) is 12.0 Å². The summed E-state index contributed by atoms with van der Waals surface area (Å²) in [5.74, 6) is 0.664. The highest BCUT2D eigenvalue weighted by atomic mass is 35.5. The lowest BCUT2D eigenvalue weighted by atomic mass is 10.3. The summed E-state index contributed by atoms with van der Waals surface area (Å²) in [6, 6.07) is 4.94. The zero-order valence-electron chi connectivity index (χ0n) is 11.7. The fourth-order valence-electron chi connectivity index (χ4n) is 1.68. The van der Waals surface area contributed by atoms with E-state index in [0.717, 1.165) is 0 Å². The lowest BCUT2D eigenvalue weighted by Crippen LogP contribution is -2.10. The highest BCUT2D eigenvalue weighted by molar-refractivity contribution is 6.32. The van der Waals surface area contributed by atoms with E-state index in [1.165, 1.54) is 12.4 Å². The third kappa shape index (κ3) is 4.39. The first-order valence-corrected chi connectivity index (χ1v) is 6.77. The number of aromatic nitrogens is 3. The van der Waals surface area contributed by atoms with Gasteiger partial charge in [-0.3, -0.25) is 0 Å². The lowest BCUT2D eigenvalue weighted by molar-refractivity contribution is 0.0795. The van der Waals surface area contributed by atoms with E-state index in [-0.39, 0.29) is 5.88 Å². The highest BCUT2D eigenvalue weighted by Crippen LogP contribution is 2.25. The van der Waals surface area contributed by atoms with Crippen LogP contribution in [-0.2, 0) is 6.54 Å². The second-order valence-electron chi connectivity index (χ2n) is 4.16. The number of ether oxygens (including phenoxy) is 1. The number of rotatable bonds is 7. The Morgan fingerprint density at radius 3 is 2.86 bits per heavy atom. The summed E-state index contributed by atoms with van der Waals surface area (Å²) in [5, 5.41) is 6.24. The maximum absolute atomic E-state index is 12.1. The van der Waals surface area contributed by atoms with Crippen molar-refractivity contribution < 1.29 is 13.5 Å².